The molecule has 0 amide bonds. The van der Waals surface area contributed by atoms with E-state index in [0.717, 1.165) is 0 Å². The Bertz CT molecular complexity index is 172. The summed E-state index contributed by atoms with van der Waals surface area (Å²) in [6.07, 6.45) is 0. The van der Waals surface area contributed by atoms with E-state index in [0.29, 0.717) is 11.9 Å². The van der Waals surface area contributed by atoms with Crippen molar-refractivity contribution in [2.75, 3.05) is 6.61 Å². The van der Waals surface area contributed by atoms with Gasteiger partial charge in [0.15, 0.2) is 0 Å². The number of hydrogen-bond acceptors (Lipinski definition) is 2. The Morgan fingerprint density at radius 1 is 1.44 bits per heavy atom. The van der Waals surface area contributed by atoms with E-state index < -0.39 is 14.2 Å². The Balaban J connectivity index is 2.72. The van der Waals surface area contributed by atoms with E-state index in [2.05, 4.69) is 0 Å². The van der Waals surface area contributed by atoms with E-state index in [9.17, 15) is 3.83 Å². The SMILES string of the molecule is CC1=C(C)C[Se](=O)OC1. The van der Waals surface area contributed by atoms with Gasteiger partial charge in [0.05, 0.1) is 0 Å². The third kappa shape index (κ3) is 1.71. The second-order valence-electron chi connectivity index (χ2n) is 2.27. The zero-order valence-corrected chi connectivity index (χ0v) is 7.35. The molecule has 0 aliphatic carbocycles. The molecule has 1 aliphatic heterocycles. The molecule has 2 nitrogen and oxygen atoms in total. The molecule has 0 spiro atoms. The third-order valence-electron chi connectivity index (χ3n) is 1.47. The molecule has 0 aromatic rings. The van der Waals surface area contributed by atoms with Crippen LogP contribution >= 0.6 is 0 Å². The molecular formula is C6H10O2Se. The first-order chi connectivity index (χ1) is 4.20. The zero-order chi connectivity index (χ0) is 6.85. The van der Waals surface area contributed by atoms with Crippen LogP contribution in [0, 0.1) is 0 Å². The van der Waals surface area contributed by atoms with Gasteiger partial charge in [-0.05, 0) is 0 Å². The van der Waals surface area contributed by atoms with Crippen LogP contribution in [0.1, 0.15) is 13.8 Å². The minimum atomic E-state index is -1.88. The van der Waals surface area contributed by atoms with Crippen LogP contribution in [-0.2, 0) is 7.65 Å². The van der Waals surface area contributed by atoms with Crippen LogP contribution in [0.4, 0.5) is 0 Å². The van der Waals surface area contributed by atoms with Gasteiger partial charge in [-0.3, -0.25) is 0 Å². The summed E-state index contributed by atoms with van der Waals surface area (Å²) in [5.74, 6) is 0. The van der Waals surface area contributed by atoms with Gasteiger partial charge in [0, 0.05) is 0 Å². The Morgan fingerprint density at radius 2 is 2.11 bits per heavy atom. The van der Waals surface area contributed by atoms with E-state index in [1.165, 1.54) is 11.1 Å². The van der Waals surface area contributed by atoms with Crippen LogP contribution in [0.15, 0.2) is 11.1 Å². The topological polar surface area (TPSA) is 26.3 Å². The molecular weight excluding hydrogens is 183 g/mol. The molecule has 0 aromatic heterocycles. The van der Waals surface area contributed by atoms with Gasteiger partial charge in [-0.2, -0.15) is 0 Å². The molecule has 1 heterocycles. The van der Waals surface area contributed by atoms with Crippen LogP contribution in [0.2, 0.25) is 5.32 Å². The number of allylic oxidation sites excluding steroid dienone is 1. The molecule has 0 bridgehead atoms. The molecule has 3 heteroatoms. The summed E-state index contributed by atoms with van der Waals surface area (Å²) >= 11 is -1.88. The normalized spacial score (nSPS) is 28.9. The quantitative estimate of drug-likeness (QED) is 0.427. The molecule has 0 fully saturated rings. The Morgan fingerprint density at radius 3 is 2.56 bits per heavy atom. The average molecular weight is 193 g/mol. The van der Waals surface area contributed by atoms with E-state index in [4.69, 9.17) is 3.82 Å². The van der Waals surface area contributed by atoms with Gasteiger partial charge in [-0.25, -0.2) is 0 Å². The monoisotopic (exact) mass is 194 g/mol. The fourth-order valence-corrected chi connectivity index (χ4v) is 2.70. The summed E-state index contributed by atoms with van der Waals surface area (Å²) in [6.45, 7) is 4.62. The summed E-state index contributed by atoms with van der Waals surface area (Å²) in [6, 6.07) is 0. The molecule has 1 atom stereocenters. The first kappa shape index (κ1) is 7.13. The van der Waals surface area contributed by atoms with Gasteiger partial charge in [0.1, 0.15) is 0 Å². The van der Waals surface area contributed by atoms with Crippen LogP contribution in [0.25, 0.3) is 0 Å². The van der Waals surface area contributed by atoms with Gasteiger partial charge >= 0.3 is 58.7 Å². The molecule has 0 aromatic carbocycles. The van der Waals surface area contributed by atoms with Crippen molar-refractivity contribution in [3.05, 3.63) is 11.1 Å². The van der Waals surface area contributed by atoms with Gasteiger partial charge in [0.2, 0.25) is 0 Å². The Kier molecular flexibility index (Phi) is 2.17. The van der Waals surface area contributed by atoms with Crippen LogP contribution in [0.3, 0.4) is 0 Å². The average Bonchev–Trinajstić information content (AvgIpc) is 1.80. The molecule has 1 unspecified atom stereocenters. The van der Waals surface area contributed by atoms with Crippen LogP contribution in [-0.4, -0.2) is 20.8 Å². The molecule has 0 N–H and O–H groups in total. The first-order valence-electron chi connectivity index (χ1n) is 2.87. The molecule has 1 rings (SSSR count). The molecule has 0 saturated heterocycles. The van der Waals surface area contributed by atoms with Gasteiger partial charge in [-0.1, -0.05) is 0 Å². The Labute approximate surface area is 59.3 Å². The summed E-state index contributed by atoms with van der Waals surface area (Å²) in [5.41, 5.74) is 2.49. The Hall–Kier alpha value is 0.0195. The van der Waals surface area contributed by atoms with Crippen LogP contribution in [0.5, 0.6) is 0 Å². The van der Waals surface area contributed by atoms with Crippen molar-refractivity contribution in [3.63, 3.8) is 0 Å². The van der Waals surface area contributed by atoms with Crippen molar-refractivity contribution >= 4 is 14.2 Å². The van der Waals surface area contributed by atoms with Crippen molar-refractivity contribution < 1.29 is 7.65 Å². The summed E-state index contributed by atoms with van der Waals surface area (Å²) in [5, 5.41) is 0.686. The van der Waals surface area contributed by atoms with Crippen molar-refractivity contribution in [2.45, 2.75) is 19.2 Å². The van der Waals surface area contributed by atoms with E-state index >= 15 is 0 Å². The predicted molar refractivity (Wildman–Crippen MR) is 35.6 cm³/mol. The van der Waals surface area contributed by atoms with E-state index in [-0.39, 0.29) is 0 Å². The van der Waals surface area contributed by atoms with Gasteiger partial charge in [0.25, 0.3) is 0 Å². The first-order valence-corrected chi connectivity index (χ1v) is 5.48. The van der Waals surface area contributed by atoms with Crippen molar-refractivity contribution in [1.82, 2.24) is 0 Å². The maximum absolute atomic E-state index is 10.8. The summed E-state index contributed by atoms with van der Waals surface area (Å²) in [4.78, 5) is 0. The minimum absolute atomic E-state index is 0.583. The molecule has 9 heavy (non-hydrogen) atoms. The van der Waals surface area contributed by atoms with Gasteiger partial charge < -0.3 is 0 Å². The van der Waals surface area contributed by atoms with E-state index in [1.54, 1.807) is 0 Å². The third-order valence-corrected chi connectivity index (χ3v) is 3.67. The van der Waals surface area contributed by atoms with Crippen LogP contribution < -0.4 is 0 Å². The second-order valence-corrected chi connectivity index (χ2v) is 4.65. The summed E-state index contributed by atoms with van der Waals surface area (Å²) in [7, 11) is 0. The van der Waals surface area contributed by atoms with Gasteiger partial charge in [-0.15, -0.1) is 0 Å². The second kappa shape index (κ2) is 2.74. The maximum atomic E-state index is 10.8. The molecule has 52 valence electrons. The fourth-order valence-electron chi connectivity index (χ4n) is 0.619. The van der Waals surface area contributed by atoms with Crippen molar-refractivity contribution in [1.29, 1.82) is 0 Å². The molecule has 0 saturated carbocycles. The van der Waals surface area contributed by atoms with Crippen molar-refractivity contribution in [3.8, 4) is 0 Å². The van der Waals surface area contributed by atoms with E-state index in [1.807, 2.05) is 13.8 Å². The number of rotatable bonds is 0. The standard InChI is InChI=1S/C6H10O2Se/c1-5-3-8-9(7)4-6(5)2/h3-4H2,1-2H3. The molecule has 0 radical (unpaired) electrons. The number of hydrogen-bond donors (Lipinski definition) is 0. The fraction of sp³-hybridized carbons (Fsp3) is 0.667. The zero-order valence-electron chi connectivity index (χ0n) is 5.64. The predicted octanol–water partition coefficient (Wildman–Crippen LogP) is 1.27. The molecule has 1 aliphatic rings. The van der Waals surface area contributed by atoms with Crippen molar-refractivity contribution in [2.24, 2.45) is 0 Å². The summed E-state index contributed by atoms with van der Waals surface area (Å²) < 4.78 is 15.7.